The van der Waals surface area contributed by atoms with Gasteiger partial charge in [0, 0.05) is 29.9 Å². The Balaban J connectivity index is 1.46. The average Bonchev–Trinajstić information content (AvgIpc) is 3.26. The molecule has 9 heteroatoms. The van der Waals surface area contributed by atoms with E-state index in [9.17, 15) is 14.0 Å². The summed E-state index contributed by atoms with van der Waals surface area (Å²) in [4.78, 5) is 31.1. The predicted molar refractivity (Wildman–Crippen MR) is 143 cm³/mol. The number of allylic oxidation sites excluding steroid dienone is 1. The Morgan fingerprint density at radius 1 is 1.22 bits per heavy atom. The van der Waals surface area contributed by atoms with Crippen LogP contribution in [0.1, 0.15) is 54.6 Å². The molecule has 0 spiro atoms. The van der Waals surface area contributed by atoms with E-state index in [0.717, 1.165) is 39.5 Å². The van der Waals surface area contributed by atoms with Crippen molar-refractivity contribution in [2.24, 2.45) is 0 Å². The number of halogens is 1. The number of hydrogen-bond donors (Lipinski definition) is 0. The van der Waals surface area contributed by atoms with Crippen LogP contribution in [0.4, 0.5) is 9.18 Å². The monoisotopic (exact) mass is 525 g/mol. The van der Waals surface area contributed by atoms with Gasteiger partial charge in [0.15, 0.2) is 0 Å². The largest absolute Gasteiger partial charge is 0.487 e. The highest BCUT2D eigenvalue weighted by Crippen LogP contribution is 2.28. The van der Waals surface area contributed by atoms with Crippen LogP contribution in [0, 0.1) is 6.92 Å². The van der Waals surface area contributed by atoms with E-state index in [2.05, 4.69) is 4.98 Å². The summed E-state index contributed by atoms with van der Waals surface area (Å²) < 4.78 is 25.9. The van der Waals surface area contributed by atoms with Crippen molar-refractivity contribution in [3.8, 4) is 5.75 Å². The first-order chi connectivity index (χ1) is 17.6. The van der Waals surface area contributed by atoms with Crippen LogP contribution in [0.3, 0.4) is 0 Å². The maximum absolute atomic E-state index is 13.1. The van der Waals surface area contributed by atoms with Gasteiger partial charge in [-0.1, -0.05) is 18.2 Å². The number of benzene rings is 1. The van der Waals surface area contributed by atoms with E-state index in [1.165, 1.54) is 11.0 Å². The van der Waals surface area contributed by atoms with Crippen molar-refractivity contribution in [3.05, 3.63) is 79.7 Å². The van der Waals surface area contributed by atoms with Crippen molar-refractivity contribution >= 4 is 29.2 Å². The second-order valence-electron chi connectivity index (χ2n) is 9.98. The van der Waals surface area contributed by atoms with E-state index in [1.807, 2.05) is 36.6 Å². The Bertz CT molecular complexity index is 1360. The molecule has 2 aromatic heterocycles. The van der Waals surface area contributed by atoms with Crippen molar-refractivity contribution in [2.45, 2.75) is 59.3 Å². The summed E-state index contributed by atoms with van der Waals surface area (Å²) in [7, 11) is 0. The summed E-state index contributed by atoms with van der Waals surface area (Å²) in [6.45, 7) is 7.23. The third-order valence-corrected chi connectivity index (χ3v) is 6.64. The van der Waals surface area contributed by atoms with Crippen LogP contribution in [-0.2, 0) is 24.3 Å². The van der Waals surface area contributed by atoms with Gasteiger partial charge in [-0.2, -0.15) is 0 Å². The van der Waals surface area contributed by atoms with Gasteiger partial charge in [-0.25, -0.2) is 14.2 Å². The Morgan fingerprint density at radius 2 is 2.03 bits per heavy atom. The lowest BCUT2D eigenvalue weighted by atomic mass is 9.93. The molecule has 0 fully saturated rings. The summed E-state index contributed by atoms with van der Waals surface area (Å²) >= 11 is 1.56. The molecule has 0 atom stereocenters. The van der Waals surface area contributed by atoms with Crippen molar-refractivity contribution < 1.29 is 18.7 Å². The summed E-state index contributed by atoms with van der Waals surface area (Å²) in [5, 5.41) is 2.92. The minimum absolute atomic E-state index is 0.0257. The molecule has 1 aliphatic carbocycles. The van der Waals surface area contributed by atoms with E-state index >= 15 is 0 Å². The summed E-state index contributed by atoms with van der Waals surface area (Å²) in [6, 6.07) is 9.22. The minimum atomic E-state index is -0.647. The predicted octanol–water partition coefficient (Wildman–Crippen LogP) is 5.84. The Morgan fingerprint density at radius 3 is 2.70 bits per heavy atom. The second-order valence-corrected chi connectivity index (χ2v) is 11.0. The summed E-state index contributed by atoms with van der Waals surface area (Å²) in [5.41, 5.74) is 3.99. The molecule has 2 heterocycles. The molecule has 0 unspecified atom stereocenters. The number of thiazole rings is 1. The van der Waals surface area contributed by atoms with Gasteiger partial charge in [0.1, 0.15) is 24.6 Å². The zero-order chi connectivity index (χ0) is 26.6. The molecule has 196 valence electrons. The van der Waals surface area contributed by atoms with Crippen LogP contribution in [-0.4, -0.2) is 39.4 Å². The Labute approximate surface area is 220 Å². The van der Waals surface area contributed by atoms with Gasteiger partial charge in [-0.3, -0.25) is 9.36 Å². The van der Waals surface area contributed by atoms with Crippen LogP contribution >= 0.6 is 11.3 Å². The van der Waals surface area contributed by atoms with Crippen molar-refractivity contribution in [1.29, 1.82) is 0 Å². The molecule has 1 amide bonds. The average molecular weight is 526 g/mol. The van der Waals surface area contributed by atoms with Crippen LogP contribution in [0.15, 0.2) is 46.7 Å². The fraction of sp³-hybridized carbons (Fsp3) is 0.393. The number of amides is 1. The first-order valence-electron chi connectivity index (χ1n) is 12.2. The molecule has 1 aliphatic rings. The topological polar surface area (TPSA) is 73.7 Å². The maximum Gasteiger partial charge on any atom is 0.410 e. The molecule has 37 heavy (non-hydrogen) atoms. The molecule has 0 aliphatic heterocycles. The van der Waals surface area contributed by atoms with E-state index in [4.69, 9.17) is 9.47 Å². The lowest BCUT2D eigenvalue weighted by molar-refractivity contribution is 0.0222. The van der Waals surface area contributed by atoms with Crippen molar-refractivity contribution in [3.63, 3.8) is 0 Å². The smallest absolute Gasteiger partial charge is 0.410 e. The summed E-state index contributed by atoms with van der Waals surface area (Å²) in [5.74, 6) is 0.510. The molecule has 0 N–H and O–H groups in total. The standard InChI is InChI=1S/C28H32FN3O4S/c1-19-30-23(18-37-19)17-35-25-9-11-32(26(33)15-25)24-8-7-21-13-20(5-6-22(21)14-24)16-31(12-10-29)27(34)36-28(2,3)4/h5-6,9,11,13-15,18H,7-8,10,12,16-17H2,1-4H3. The lowest BCUT2D eigenvalue weighted by Gasteiger charge is -2.27. The van der Waals surface area contributed by atoms with Crippen LogP contribution in [0.2, 0.25) is 0 Å². The Hall–Kier alpha value is -3.46. The van der Waals surface area contributed by atoms with Gasteiger partial charge in [-0.05, 0) is 69.4 Å². The number of carbonyl (C=O) groups excluding carboxylic acids is 1. The van der Waals surface area contributed by atoms with Gasteiger partial charge >= 0.3 is 6.09 Å². The van der Waals surface area contributed by atoms with Crippen LogP contribution < -0.4 is 10.3 Å². The van der Waals surface area contributed by atoms with E-state index in [0.29, 0.717) is 18.8 Å². The van der Waals surface area contributed by atoms with Crippen molar-refractivity contribution in [1.82, 2.24) is 14.5 Å². The number of carbonyl (C=O) groups is 1. The number of nitrogens with zero attached hydrogens (tertiary/aromatic N) is 3. The molecule has 7 nitrogen and oxygen atoms in total. The van der Waals surface area contributed by atoms with E-state index in [1.54, 1.807) is 48.9 Å². The zero-order valence-corrected chi connectivity index (χ0v) is 22.4. The third-order valence-electron chi connectivity index (χ3n) is 5.81. The number of aryl methyl sites for hydroxylation is 2. The second kappa shape index (κ2) is 11.3. The highest BCUT2D eigenvalue weighted by molar-refractivity contribution is 7.09. The SMILES string of the molecule is Cc1nc(COc2ccn(C3=Cc4ccc(CN(CCF)C(=O)OC(C)(C)C)cc4CC3)c(=O)c2)cs1. The first kappa shape index (κ1) is 26.6. The van der Waals surface area contributed by atoms with Gasteiger partial charge in [-0.15, -0.1) is 11.3 Å². The number of fused-ring (bicyclic) bond motifs is 1. The fourth-order valence-electron chi connectivity index (χ4n) is 4.12. The molecule has 0 bridgehead atoms. The highest BCUT2D eigenvalue weighted by Gasteiger charge is 2.23. The zero-order valence-electron chi connectivity index (χ0n) is 21.6. The molecule has 4 rings (SSSR count). The molecule has 0 radical (unpaired) electrons. The van der Waals surface area contributed by atoms with Gasteiger partial charge in [0.25, 0.3) is 5.56 Å². The van der Waals surface area contributed by atoms with E-state index < -0.39 is 18.4 Å². The summed E-state index contributed by atoms with van der Waals surface area (Å²) in [6.07, 6.45) is 4.66. The van der Waals surface area contributed by atoms with Gasteiger partial charge in [0.05, 0.1) is 17.2 Å². The van der Waals surface area contributed by atoms with Crippen LogP contribution in [0.5, 0.6) is 5.75 Å². The van der Waals surface area contributed by atoms with Crippen molar-refractivity contribution in [2.75, 3.05) is 13.2 Å². The maximum atomic E-state index is 13.1. The molecule has 3 aromatic rings. The number of ether oxygens (including phenoxy) is 2. The molecule has 0 saturated heterocycles. The number of hydrogen-bond acceptors (Lipinski definition) is 6. The highest BCUT2D eigenvalue weighted by atomic mass is 32.1. The Kier molecular flexibility index (Phi) is 8.12. The van der Waals surface area contributed by atoms with E-state index in [-0.39, 0.29) is 18.6 Å². The van der Waals surface area contributed by atoms with Gasteiger partial charge in [0.2, 0.25) is 0 Å². The first-order valence-corrected chi connectivity index (χ1v) is 13.1. The fourth-order valence-corrected chi connectivity index (χ4v) is 4.72. The number of aromatic nitrogens is 2. The molecule has 1 aromatic carbocycles. The molecular formula is C28H32FN3O4S. The quantitative estimate of drug-likeness (QED) is 0.369. The third kappa shape index (κ3) is 7.07. The number of alkyl halides is 1. The number of pyridine rings is 1. The normalized spacial score (nSPS) is 13.1. The lowest BCUT2D eigenvalue weighted by Crippen LogP contribution is -2.37. The minimum Gasteiger partial charge on any atom is -0.487 e. The van der Waals surface area contributed by atoms with Crippen LogP contribution in [0.25, 0.3) is 11.8 Å². The molecule has 0 saturated carbocycles. The molecular weight excluding hydrogens is 493 g/mol. The van der Waals surface area contributed by atoms with Gasteiger partial charge < -0.3 is 14.4 Å². The number of rotatable bonds is 8.